The van der Waals surface area contributed by atoms with Crippen molar-refractivity contribution >= 4 is 17.3 Å². The van der Waals surface area contributed by atoms with Crippen LogP contribution in [0.1, 0.15) is 25.7 Å². The number of anilines is 1. The van der Waals surface area contributed by atoms with Crippen LogP contribution in [0.3, 0.4) is 0 Å². The fourth-order valence-electron chi connectivity index (χ4n) is 1.60. The van der Waals surface area contributed by atoms with Gasteiger partial charge in [-0.2, -0.15) is 0 Å². The second kappa shape index (κ2) is 8.20. The molecule has 0 heterocycles. The molecule has 0 radical (unpaired) electrons. The van der Waals surface area contributed by atoms with E-state index in [4.69, 9.17) is 21.4 Å². The molecule has 0 saturated carbocycles. The van der Waals surface area contributed by atoms with E-state index in [1.807, 2.05) is 18.2 Å². The van der Waals surface area contributed by atoms with Crippen LogP contribution in [0.25, 0.3) is 0 Å². The van der Waals surface area contributed by atoms with Crippen LogP contribution in [0.5, 0.6) is 5.75 Å². The predicted molar refractivity (Wildman–Crippen MR) is 72.0 cm³/mol. The highest BCUT2D eigenvalue weighted by atomic mass is 35.5. The van der Waals surface area contributed by atoms with Crippen LogP contribution in [-0.4, -0.2) is 25.4 Å². The predicted octanol–water partition coefficient (Wildman–Crippen LogP) is 3.31. The van der Waals surface area contributed by atoms with E-state index < -0.39 is 0 Å². The Labute approximate surface area is 108 Å². The number of benzene rings is 1. The van der Waals surface area contributed by atoms with Gasteiger partial charge in [-0.05, 0) is 31.0 Å². The number of aliphatic hydroxyl groups is 1. The van der Waals surface area contributed by atoms with Gasteiger partial charge >= 0.3 is 0 Å². The summed E-state index contributed by atoms with van der Waals surface area (Å²) >= 11 is 6.02. The molecule has 4 heteroatoms. The molecule has 0 aliphatic heterocycles. The normalized spacial score (nSPS) is 10.3. The third kappa shape index (κ3) is 5.29. The molecule has 17 heavy (non-hydrogen) atoms. The van der Waals surface area contributed by atoms with Gasteiger partial charge < -0.3 is 15.2 Å². The average molecular weight is 258 g/mol. The Kier molecular flexibility index (Phi) is 6.82. The first kappa shape index (κ1) is 14.1. The zero-order valence-electron chi connectivity index (χ0n) is 10.2. The van der Waals surface area contributed by atoms with E-state index in [1.54, 1.807) is 7.11 Å². The Hall–Kier alpha value is -0.930. The second-order valence-corrected chi connectivity index (χ2v) is 4.32. The lowest BCUT2D eigenvalue weighted by atomic mass is 10.2. The summed E-state index contributed by atoms with van der Waals surface area (Å²) in [6.07, 6.45) is 4.22. The van der Waals surface area contributed by atoms with Crippen molar-refractivity contribution in [2.45, 2.75) is 25.7 Å². The van der Waals surface area contributed by atoms with E-state index >= 15 is 0 Å². The number of hydrogen-bond donors (Lipinski definition) is 2. The maximum Gasteiger partial charge on any atom is 0.137 e. The monoisotopic (exact) mass is 257 g/mol. The quantitative estimate of drug-likeness (QED) is 0.702. The summed E-state index contributed by atoms with van der Waals surface area (Å²) in [5.41, 5.74) is 1.01. The fraction of sp³-hybridized carbons (Fsp3) is 0.538. The number of nitrogens with one attached hydrogen (secondary N) is 1. The highest BCUT2D eigenvalue weighted by Crippen LogP contribution is 2.27. The molecule has 3 nitrogen and oxygen atoms in total. The lowest BCUT2D eigenvalue weighted by molar-refractivity contribution is 0.283. The van der Waals surface area contributed by atoms with Crippen molar-refractivity contribution in [2.24, 2.45) is 0 Å². The fourth-order valence-corrected chi connectivity index (χ4v) is 1.86. The van der Waals surface area contributed by atoms with Gasteiger partial charge in [0.1, 0.15) is 5.75 Å². The Morgan fingerprint density at radius 3 is 2.65 bits per heavy atom. The van der Waals surface area contributed by atoms with Gasteiger partial charge in [-0.3, -0.25) is 0 Å². The van der Waals surface area contributed by atoms with Gasteiger partial charge in [0.15, 0.2) is 0 Å². The molecular formula is C13H20ClNO2. The molecule has 0 aliphatic carbocycles. The van der Waals surface area contributed by atoms with Crippen molar-refractivity contribution in [3.63, 3.8) is 0 Å². The van der Waals surface area contributed by atoms with Gasteiger partial charge in [-0.25, -0.2) is 0 Å². The van der Waals surface area contributed by atoms with Crippen molar-refractivity contribution < 1.29 is 9.84 Å². The van der Waals surface area contributed by atoms with Crippen molar-refractivity contribution in [3.8, 4) is 5.75 Å². The van der Waals surface area contributed by atoms with E-state index in [1.165, 1.54) is 0 Å². The summed E-state index contributed by atoms with van der Waals surface area (Å²) < 4.78 is 5.09. The summed E-state index contributed by atoms with van der Waals surface area (Å²) in [5, 5.41) is 12.6. The Morgan fingerprint density at radius 2 is 2.00 bits per heavy atom. The zero-order chi connectivity index (χ0) is 12.5. The standard InChI is InChI=1S/C13H20ClNO2/c1-17-13-7-6-11(10-12(13)14)15-8-4-2-3-5-9-16/h6-7,10,15-16H,2-5,8-9H2,1H3. The molecule has 0 amide bonds. The molecule has 0 atom stereocenters. The summed E-state index contributed by atoms with van der Waals surface area (Å²) in [5.74, 6) is 0.695. The van der Waals surface area contributed by atoms with Gasteiger partial charge in [0.2, 0.25) is 0 Å². The zero-order valence-corrected chi connectivity index (χ0v) is 11.0. The summed E-state index contributed by atoms with van der Waals surface area (Å²) in [7, 11) is 1.61. The van der Waals surface area contributed by atoms with Gasteiger partial charge in [0, 0.05) is 18.8 Å². The highest BCUT2D eigenvalue weighted by molar-refractivity contribution is 6.32. The van der Waals surface area contributed by atoms with Crippen LogP contribution in [-0.2, 0) is 0 Å². The van der Waals surface area contributed by atoms with Crippen LogP contribution >= 0.6 is 11.6 Å². The van der Waals surface area contributed by atoms with Crippen LogP contribution in [0, 0.1) is 0 Å². The highest BCUT2D eigenvalue weighted by Gasteiger charge is 2.00. The first-order chi connectivity index (χ1) is 8.27. The van der Waals surface area contributed by atoms with E-state index in [0.29, 0.717) is 17.4 Å². The summed E-state index contributed by atoms with van der Waals surface area (Å²) in [6.45, 7) is 1.22. The average Bonchev–Trinajstić information content (AvgIpc) is 2.34. The topological polar surface area (TPSA) is 41.5 Å². The van der Waals surface area contributed by atoms with Gasteiger partial charge in [-0.1, -0.05) is 24.4 Å². The molecule has 0 saturated heterocycles. The number of ether oxygens (including phenoxy) is 1. The minimum absolute atomic E-state index is 0.293. The van der Waals surface area contributed by atoms with Crippen LogP contribution in [0.2, 0.25) is 5.02 Å². The van der Waals surface area contributed by atoms with Gasteiger partial charge in [-0.15, -0.1) is 0 Å². The van der Waals surface area contributed by atoms with Crippen LogP contribution in [0.4, 0.5) is 5.69 Å². The lowest BCUT2D eigenvalue weighted by Crippen LogP contribution is -2.01. The van der Waals surface area contributed by atoms with Crippen molar-refractivity contribution in [2.75, 3.05) is 25.6 Å². The molecule has 0 aliphatic rings. The third-order valence-corrected chi connectivity index (χ3v) is 2.86. The molecule has 0 bridgehead atoms. The maximum atomic E-state index is 8.64. The van der Waals surface area contributed by atoms with Crippen molar-refractivity contribution in [1.82, 2.24) is 0 Å². The molecule has 0 aromatic heterocycles. The molecular weight excluding hydrogens is 238 g/mol. The first-order valence-electron chi connectivity index (χ1n) is 5.96. The minimum Gasteiger partial charge on any atom is -0.495 e. The summed E-state index contributed by atoms with van der Waals surface area (Å²) in [6, 6.07) is 5.68. The third-order valence-electron chi connectivity index (χ3n) is 2.57. The van der Waals surface area contributed by atoms with E-state index in [-0.39, 0.29) is 0 Å². The molecule has 1 rings (SSSR count). The SMILES string of the molecule is COc1ccc(NCCCCCCO)cc1Cl. The number of unbranched alkanes of at least 4 members (excludes halogenated alkanes) is 3. The van der Waals surface area contributed by atoms with Gasteiger partial charge in [0.25, 0.3) is 0 Å². The Bertz CT molecular complexity index is 331. The summed E-state index contributed by atoms with van der Waals surface area (Å²) in [4.78, 5) is 0. The van der Waals surface area contributed by atoms with E-state index in [2.05, 4.69) is 5.32 Å². The largest absolute Gasteiger partial charge is 0.495 e. The van der Waals surface area contributed by atoms with E-state index in [0.717, 1.165) is 37.9 Å². The molecule has 2 N–H and O–H groups in total. The Morgan fingerprint density at radius 1 is 1.24 bits per heavy atom. The van der Waals surface area contributed by atoms with Gasteiger partial charge in [0.05, 0.1) is 12.1 Å². The number of hydrogen-bond acceptors (Lipinski definition) is 3. The van der Waals surface area contributed by atoms with Crippen LogP contribution < -0.4 is 10.1 Å². The van der Waals surface area contributed by atoms with Crippen molar-refractivity contribution in [1.29, 1.82) is 0 Å². The molecule has 1 aromatic rings. The molecule has 1 aromatic carbocycles. The van der Waals surface area contributed by atoms with E-state index in [9.17, 15) is 0 Å². The number of halogens is 1. The van der Waals surface area contributed by atoms with Crippen LogP contribution in [0.15, 0.2) is 18.2 Å². The minimum atomic E-state index is 0.293. The molecule has 0 fully saturated rings. The van der Waals surface area contributed by atoms with Crippen molar-refractivity contribution in [3.05, 3.63) is 23.2 Å². The Balaban J connectivity index is 2.25. The maximum absolute atomic E-state index is 8.64. The second-order valence-electron chi connectivity index (χ2n) is 3.91. The first-order valence-corrected chi connectivity index (χ1v) is 6.34. The number of rotatable bonds is 8. The molecule has 0 unspecified atom stereocenters. The smallest absolute Gasteiger partial charge is 0.137 e. The number of aliphatic hydroxyl groups excluding tert-OH is 1. The molecule has 96 valence electrons. The number of methoxy groups -OCH3 is 1. The lowest BCUT2D eigenvalue weighted by Gasteiger charge is -2.08. The molecule has 0 spiro atoms.